The van der Waals surface area contributed by atoms with Crippen LogP contribution in [0.3, 0.4) is 0 Å². The first-order valence-corrected chi connectivity index (χ1v) is 6.16. The van der Waals surface area contributed by atoms with Gasteiger partial charge in [0.25, 0.3) is 5.91 Å². The lowest BCUT2D eigenvalue weighted by atomic mass is 9.89. The van der Waals surface area contributed by atoms with Crippen molar-refractivity contribution in [1.29, 1.82) is 0 Å². The molecule has 0 aliphatic carbocycles. The van der Waals surface area contributed by atoms with Crippen molar-refractivity contribution in [2.45, 2.75) is 18.8 Å². The highest BCUT2D eigenvalue weighted by molar-refractivity contribution is 5.93. The van der Waals surface area contributed by atoms with Crippen LogP contribution in [0.1, 0.15) is 34.7 Å². The van der Waals surface area contributed by atoms with E-state index in [0.29, 0.717) is 12.0 Å². The molecular weight excluding hydrogens is 228 g/mol. The summed E-state index contributed by atoms with van der Waals surface area (Å²) in [5.74, 6) is 0.393. The van der Waals surface area contributed by atoms with Gasteiger partial charge in [0, 0.05) is 32.6 Å². The smallest absolute Gasteiger partial charge is 0.253 e. The molecule has 1 unspecified atom stereocenters. The topological polar surface area (TPSA) is 49.4 Å². The van der Waals surface area contributed by atoms with Crippen molar-refractivity contribution < 1.29 is 9.59 Å². The Balaban J connectivity index is 2.12. The Morgan fingerprint density at radius 3 is 2.50 bits per heavy atom. The molecule has 18 heavy (non-hydrogen) atoms. The molecule has 4 nitrogen and oxygen atoms in total. The zero-order valence-electron chi connectivity index (χ0n) is 10.8. The van der Waals surface area contributed by atoms with E-state index in [1.807, 2.05) is 24.3 Å². The van der Waals surface area contributed by atoms with E-state index in [-0.39, 0.29) is 17.7 Å². The summed E-state index contributed by atoms with van der Waals surface area (Å²) < 4.78 is 0. The zero-order chi connectivity index (χ0) is 13.1. The predicted octanol–water partition coefficient (Wildman–Crippen LogP) is 1.38. The van der Waals surface area contributed by atoms with Gasteiger partial charge in [-0.05, 0) is 30.0 Å². The summed E-state index contributed by atoms with van der Waals surface area (Å²) in [4.78, 5) is 24.6. The van der Waals surface area contributed by atoms with Crippen molar-refractivity contribution in [2.24, 2.45) is 0 Å². The van der Waals surface area contributed by atoms with E-state index in [0.717, 1.165) is 18.5 Å². The number of piperidine rings is 1. The molecule has 1 heterocycles. The quantitative estimate of drug-likeness (QED) is 0.857. The van der Waals surface area contributed by atoms with Gasteiger partial charge in [-0.1, -0.05) is 12.1 Å². The lowest BCUT2D eigenvalue weighted by molar-refractivity contribution is -0.122. The van der Waals surface area contributed by atoms with Crippen molar-refractivity contribution in [3.8, 4) is 0 Å². The van der Waals surface area contributed by atoms with Gasteiger partial charge in [-0.25, -0.2) is 0 Å². The minimum atomic E-state index is 0.00272. The Morgan fingerprint density at radius 1 is 1.28 bits per heavy atom. The summed E-state index contributed by atoms with van der Waals surface area (Å²) >= 11 is 0. The molecule has 0 bridgehead atoms. The highest BCUT2D eigenvalue weighted by Gasteiger charge is 2.20. The number of nitrogens with zero attached hydrogens (tertiary/aromatic N) is 1. The maximum absolute atomic E-state index is 11.7. The molecule has 4 heteroatoms. The fourth-order valence-corrected chi connectivity index (χ4v) is 2.22. The fraction of sp³-hybridized carbons (Fsp3) is 0.429. The normalized spacial score (nSPS) is 19.2. The summed E-state index contributed by atoms with van der Waals surface area (Å²) in [5.41, 5.74) is 1.82. The molecule has 1 saturated heterocycles. The average Bonchev–Trinajstić information content (AvgIpc) is 2.38. The van der Waals surface area contributed by atoms with E-state index in [1.54, 1.807) is 19.0 Å². The van der Waals surface area contributed by atoms with Crippen LogP contribution < -0.4 is 5.32 Å². The number of rotatable bonds is 2. The second kappa shape index (κ2) is 5.21. The Hall–Kier alpha value is -1.84. The maximum atomic E-state index is 11.7. The number of carbonyl (C=O) groups is 2. The molecule has 0 radical (unpaired) electrons. The van der Waals surface area contributed by atoms with Crippen LogP contribution in [0.15, 0.2) is 24.3 Å². The molecule has 2 amide bonds. The van der Waals surface area contributed by atoms with E-state index < -0.39 is 0 Å². The first kappa shape index (κ1) is 12.6. The molecule has 0 saturated carbocycles. The van der Waals surface area contributed by atoms with E-state index in [2.05, 4.69) is 5.32 Å². The lowest BCUT2D eigenvalue weighted by Crippen LogP contribution is -2.32. The molecule has 1 aliphatic rings. The SMILES string of the molecule is CN(C)C(=O)c1ccc(C2CCNC(=O)C2)cc1. The predicted molar refractivity (Wildman–Crippen MR) is 69.4 cm³/mol. The molecule has 1 aromatic rings. The van der Waals surface area contributed by atoms with Gasteiger partial charge >= 0.3 is 0 Å². The van der Waals surface area contributed by atoms with Gasteiger partial charge in [-0.2, -0.15) is 0 Å². The van der Waals surface area contributed by atoms with Crippen LogP contribution in [-0.4, -0.2) is 37.4 Å². The van der Waals surface area contributed by atoms with Crippen molar-refractivity contribution in [1.82, 2.24) is 10.2 Å². The van der Waals surface area contributed by atoms with E-state index in [9.17, 15) is 9.59 Å². The summed E-state index contributed by atoms with van der Waals surface area (Å²) in [6.45, 7) is 0.738. The van der Waals surface area contributed by atoms with Crippen LogP contribution in [0.2, 0.25) is 0 Å². The summed E-state index contributed by atoms with van der Waals surface area (Å²) in [7, 11) is 3.48. The van der Waals surface area contributed by atoms with Gasteiger partial charge in [0.1, 0.15) is 0 Å². The highest BCUT2D eigenvalue weighted by Crippen LogP contribution is 2.25. The summed E-state index contributed by atoms with van der Waals surface area (Å²) in [6, 6.07) is 7.59. The second-order valence-corrected chi connectivity index (χ2v) is 4.86. The van der Waals surface area contributed by atoms with Crippen molar-refractivity contribution in [2.75, 3.05) is 20.6 Å². The van der Waals surface area contributed by atoms with Gasteiger partial charge in [0.05, 0.1) is 0 Å². The Bertz CT molecular complexity index is 451. The highest BCUT2D eigenvalue weighted by atomic mass is 16.2. The molecule has 0 aromatic heterocycles. The number of hydrogen-bond donors (Lipinski definition) is 1. The van der Waals surface area contributed by atoms with E-state index in [1.165, 1.54) is 0 Å². The third-order valence-electron chi connectivity index (χ3n) is 3.28. The molecule has 1 aromatic carbocycles. The summed E-state index contributed by atoms with van der Waals surface area (Å²) in [5, 5.41) is 2.83. The molecule has 1 N–H and O–H groups in total. The summed E-state index contributed by atoms with van der Waals surface area (Å²) in [6.07, 6.45) is 1.51. The number of nitrogens with one attached hydrogen (secondary N) is 1. The van der Waals surface area contributed by atoms with Crippen LogP contribution in [0.4, 0.5) is 0 Å². The molecule has 0 spiro atoms. The number of benzene rings is 1. The Labute approximate surface area is 107 Å². The molecule has 1 aliphatic heterocycles. The average molecular weight is 246 g/mol. The largest absolute Gasteiger partial charge is 0.356 e. The molecule has 2 rings (SSSR count). The van der Waals surface area contributed by atoms with Crippen molar-refractivity contribution >= 4 is 11.8 Å². The third kappa shape index (κ3) is 2.70. The minimum Gasteiger partial charge on any atom is -0.356 e. The Kier molecular flexibility index (Phi) is 3.65. The third-order valence-corrected chi connectivity index (χ3v) is 3.28. The first-order valence-electron chi connectivity index (χ1n) is 6.16. The standard InChI is InChI=1S/C14H18N2O2/c1-16(2)14(18)11-5-3-10(4-6-11)12-7-8-15-13(17)9-12/h3-6,12H,7-9H2,1-2H3,(H,15,17). The number of carbonyl (C=O) groups excluding carboxylic acids is 2. The zero-order valence-corrected chi connectivity index (χ0v) is 10.8. The van der Waals surface area contributed by atoms with Gasteiger partial charge in [0.2, 0.25) is 5.91 Å². The maximum Gasteiger partial charge on any atom is 0.253 e. The van der Waals surface area contributed by atoms with Crippen molar-refractivity contribution in [3.05, 3.63) is 35.4 Å². The Morgan fingerprint density at radius 2 is 1.94 bits per heavy atom. The van der Waals surface area contributed by atoms with Crippen LogP contribution in [0.5, 0.6) is 0 Å². The van der Waals surface area contributed by atoms with E-state index in [4.69, 9.17) is 0 Å². The second-order valence-electron chi connectivity index (χ2n) is 4.86. The molecule has 96 valence electrons. The fourth-order valence-electron chi connectivity index (χ4n) is 2.22. The van der Waals surface area contributed by atoms with Gasteiger partial charge in [0.15, 0.2) is 0 Å². The minimum absolute atomic E-state index is 0.00272. The van der Waals surface area contributed by atoms with Gasteiger partial charge < -0.3 is 10.2 Å². The lowest BCUT2D eigenvalue weighted by Gasteiger charge is -2.22. The number of hydrogen-bond acceptors (Lipinski definition) is 2. The van der Waals surface area contributed by atoms with Crippen LogP contribution in [0.25, 0.3) is 0 Å². The van der Waals surface area contributed by atoms with Crippen LogP contribution >= 0.6 is 0 Å². The molecular formula is C14H18N2O2. The van der Waals surface area contributed by atoms with Gasteiger partial charge in [-0.3, -0.25) is 9.59 Å². The van der Waals surface area contributed by atoms with Crippen LogP contribution in [-0.2, 0) is 4.79 Å². The molecule has 1 atom stereocenters. The first-order chi connectivity index (χ1) is 8.58. The van der Waals surface area contributed by atoms with Gasteiger partial charge in [-0.15, -0.1) is 0 Å². The van der Waals surface area contributed by atoms with Crippen molar-refractivity contribution in [3.63, 3.8) is 0 Å². The van der Waals surface area contributed by atoms with E-state index >= 15 is 0 Å². The van der Waals surface area contributed by atoms with Crippen LogP contribution in [0, 0.1) is 0 Å². The molecule has 1 fully saturated rings. The monoisotopic (exact) mass is 246 g/mol. The number of amides is 2.